The van der Waals surface area contributed by atoms with Gasteiger partial charge in [0.1, 0.15) is 17.2 Å². The Balaban J connectivity index is 1.87. The molecule has 3 rings (SSSR count). The third-order valence-corrected chi connectivity index (χ3v) is 5.21. The summed E-state index contributed by atoms with van der Waals surface area (Å²) in [5.41, 5.74) is -1.42. The lowest BCUT2D eigenvalue weighted by molar-refractivity contribution is 0.0635. The number of hydrogen-bond acceptors (Lipinski definition) is 5. The number of ether oxygens (including phenoxy) is 1. The number of anilines is 1. The number of aromatic nitrogens is 3. The van der Waals surface area contributed by atoms with E-state index in [0.29, 0.717) is 11.3 Å². The summed E-state index contributed by atoms with van der Waals surface area (Å²) in [6.07, 6.45) is -0.441. The van der Waals surface area contributed by atoms with Crippen molar-refractivity contribution in [2.45, 2.75) is 45.9 Å². The van der Waals surface area contributed by atoms with Crippen LogP contribution < -0.4 is 16.6 Å². The molecule has 180 valence electrons. The molecule has 0 fully saturated rings. The Morgan fingerprint density at radius 2 is 1.74 bits per heavy atom. The Morgan fingerprint density at radius 3 is 2.38 bits per heavy atom. The van der Waals surface area contributed by atoms with Gasteiger partial charge in [0.2, 0.25) is 0 Å². The Kier molecular flexibility index (Phi) is 7.65. The number of hydrogen-bond donors (Lipinski definition) is 1. The van der Waals surface area contributed by atoms with Crippen LogP contribution in [-0.4, -0.2) is 26.0 Å². The summed E-state index contributed by atoms with van der Waals surface area (Å²) in [4.78, 5) is 37.7. The van der Waals surface area contributed by atoms with E-state index in [9.17, 15) is 23.2 Å². The van der Waals surface area contributed by atoms with E-state index in [1.54, 1.807) is 45.0 Å². The van der Waals surface area contributed by atoms with Gasteiger partial charge in [-0.05, 0) is 66.9 Å². The Morgan fingerprint density at radius 1 is 1.09 bits per heavy atom. The summed E-state index contributed by atoms with van der Waals surface area (Å²) in [7, 11) is 0. The minimum atomic E-state index is -0.829. The van der Waals surface area contributed by atoms with Gasteiger partial charge in [0, 0.05) is 17.8 Å². The summed E-state index contributed by atoms with van der Waals surface area (Å²) in [5.74, 6) is -1.66. The van der Waals surface area contributed by atoms with Crippen molar-refractivity contribution >= 4 is 27.7 Å². The first-order valence-corrected chi connectivity index (χ1v) is 11.1. The van der Waals surface area contributed by atoms with Crippen molar-refractivity contribution in [3.05, 3.63) is 90.7 Å². The number of carbonyl (C=O) groups is 1. The minimum Gasteiger partial charge on any atom is -0.444 e. The zero-order valence-electron chi connectivity index (χ0n) is 18.8. The van der Waals surface area contributed by atoms with Crippen molar-refractivity contribution in [3.63, 3.8) is 0 Å². The van der Waals surface area contributed by atoms with Gasteiger partial charge in [-0.15, -0.1) is 0 Å². The Labute approximate surface area is 202 Å². The fraction of sp³-hybridized carbons (Fsp3) is 0.304. The first kappa shape index (κ1) is 25.3. The molecule has 1 aromatic heterocycles. The van der Waals surface area contributed by atoms with Gasteiger partial charge in [-0.25, -0.2) is 23.1 Å². The Bertz CT molecular complexity index is 1310. The van der Waals surface area contributed by atoms with Crippen molar-refractivity contribution < 1.29 is 18.3 Å². The van der Waals surface area contributed by atoms with Crippen LogP contribution >= 0.6 is 15.9 Å². The highest BCUT2D eigenvalue weighted by molar-refractivity contribution is 9.10. The number of nitrogens with zero attached hydrogens (tertiary/aromatic N) is 3. The fourth-order valence-corrected chi connectivity index (χ4v) is 3.57. The molecule has 1 N–H and O–H groups in total. The molecule has 0 radical (unpaired) electrons. The zero-order chi connectivity index (χ0) is 25.0. The molecule has 3 aromatic rings. The lowest BCUT2D eigenvalue weighted by atomic mass is 10.1. The van der Waals surface area contributed by atoms with Gasteiger partial charge in [-0.1, -0.05) is 24.3 Å². The first-order valence-electron chi connectivity index (χ1n) is 10.3. The van der Waals surface area contributed by atoms with Gasteiger partial charge < -0.3 is 4.74 Å². The molecule has 0 spiro atoms. The average Bonchev–Trinajstić information content (AvgIpc) is 2.74. The number of rotatable bonds is 6. The van der Waals surface area contributed by atoms with Crippen LogP contribution in [0.5, 0.6) is 0 Å². The maximum absolute atomic E-state index is 14.1. The lowest BCUT2D eigenvalue weighted by Crippen LogP contribution is -2.42. The molecular formula is C23H23BrF2N4O4. The smallest absolute Gasteiger partial charge is 0.412 e. The number of para-hydroxylation sites is 1. The van der Waals surface area contributed by atoms with Gasteiger partial charge in [0.05, 0.1) is 6.54 Å². The monoisotopic (exact) mass is 536 g/mol. The number of benzene rings is 2. The van der Waals surface area contributed by atoms with Gasteiger partial charge >= 0.3 is 11.8 Å². The van der Waals surface area contributed by atoms with E-state index in [0.717, 1.165) is 21.4 Å². The molecule has 0 unspecified atom stereocenters. The number of amides is 1. The largest absolute Gasteiger partial charge is 0.444 e. The van der Waals surface area contributed by atoms with E-state index in [1.807, 2.05) is 0 Å². The van der Waals surface area contributed by atoms with Gasteiger partial charge in [-0.2, -0.15) is 5.10 Å². The maximum atomic E-state index is 14.1. The number of nitrogens with one attached hydrogen (secondary N) is 1. The van der Waals surface area contributed by atoms with E-state index in [-0.39, 0.29) is 23.1 Å². The summed E-state index contributed by atoms with van der Waals surface area (Å²) < 4.78 is 34.9. The van der Waals surface area contributed by atoms with Gasteiger partial charge in [0.25, 0.3) is 5.56 Å². The van der Waals surface area contributed by atoms with Crippen LogP contribution in [0.15, 0.2) is 56.7 Å². The second-order valence-corrected chi connectivity index (χ2v) is 9.17. The fourth-order valence-electron chi connectivity index (χ4n) is 3.17. The number of carbonyl (C=O) groups excluding carboxylic acids is 1. The maximum Gasteiger partial charge on any atom is 0.412 e. The highest BCUT2D eigenvalue weighted by Crippen LogP contribution is 2.18. The second-order valence-electron chi connectivity index (χ2n) is 8.42. The predicted octanol–water partition coefficient (Wildman–Crippen LogP) is 4.08. The van der Waals surface area contributed by atoms with Gasteiger partial charge in [0.15, 0.2) is 4.60 Å². The van der Waals surface area contributed by atoms with Crippen molar-refractivity contribution in [1.29, 1.82) is 0 Å². The molecule has 2 aromatic carbocycles. The van der Waals surface area contributed by atoms with E-state index >= 15 is 0 Å². The van der Waals surface area contributed by atoms with Crippen molar-refractivity contribution in [2.75, 3.05) is 5.32 Å². The van der Waals surface area contributed by atoms with Crippen LogP contribution in [0.1, 0.15) is 31.9 Å². The third kappa shape index (κ3) is 6.16. The van der Waals surface area contributed by atoms with Crippen LogP contribution in [-0.2, 0) is 24.2 Å². The molecule has 1 heterocycles. The molecule has 0 bridgehead atoms. The number of aryl methyl sites for hydroxylation is 1. The van der Waals surface area contributed by atoms with Crippen LogP contribution in [0, 0.1) is 11.6 Å². The van der Waals surface area contributed by atoms with Crippen LogP contribution in [0.3, 0.4) is 0 Å². The normalized spacial score (nSPS) is 11.4. The molecule has 0 aliphatic carbocycles. The molecule has 8 nitrogen and oxygen atoms in total. The van der Waals surface area contributed by atoms with Crippen molar-refractivity contribution in [3.8, 4) is 0 Å². The highest BCUT2D eigenvalue weighted by Gasteiger charge is 2.18. The summed E-state index contributed by atoms with van der Waals surface area (Å²) in [6.45, 7) is 4.66. The van der Waals surface area contributed by atoms with Crippen LogP contribution in [0.2, 0.25) is 0 Å². The van der Waals surface area contributed by atoms with E-state index in [2.05, 4.69) is 26.3 Å². The third-order valence-electron chi connectivity index (χ3n) is 4.71. The minimum absolute atomic E-state index is 0.0639. The topological polar surface area (TPSA) is 95.2 Å². The standard InChI is InChI=1S/C23H23BrF2N4O4/c1-23(2,3)34-21(32)27-18-10-5-4-7-14(18)11-12-29-20(31)19(24)28-30(22(29)33)13-15-16(25)8-6-9-17(15)26/h4-10H,11-13H2,1-3H3,(H,27,32). The van der Waals surface area contributed by atoms with E-state index in [4.69, 9.17) is 4.74 Å². The Hall–Kier alpha value is -3.34. The summed E-state index contributed by atoms with van der Waals surface area (Å²) in [6, 6.07) is 10.2. The van der Waals surface area contributed by atoms with Crippen molar-refractivity contribution in [2.24, 2.45) is 0 Å². The molecule has 0 aliphatic heterocycles. The molecule has 34 heavy (non-hydrogen) atoms. The summed E-state index contributed by atoms with van der Waals surface area (Å²) >= 11 is 3.02. The highest BCUT2D eigenvalue weighted by atomic mass is 79.9. The molecule has 0 atom stereocenters. The molecule has 1 amide bonds. The number of halogens is 3. The predicted molar refractivity (Wildman–Crippen MR) is 126 cm³/mol. The second kappa shape index (κ2) is 10.3. The average molecular weight is 537 g/mol. The quantitative estimate of drug-likeness (QED) is 0.512. The van der Waals surface area contributed by atoms with Crippen LogP contribution in [0.4, 0.5) is 19.3 Å². The van der Waals surface area contributed by atoms with Crippen molar-refractivity contribution in [1.82, 2.24) is 14.3 Å². The van der Waals surface area contributed by atoms with E-state index < -0.39 is 41.1 Å². The van der Waals surface area contributed by atoms with Crippen LogP contribution in [0.25, 0.3) is 0 Å². The SMILES string of the molecule is CC(C)(C)OC(=O)Nc1ccccc1CCn1c(=O)c(Br)nn(Cc2c(F)cccc2F)c1=O. The zero-order valence-corrected chi connectivity index (χ0v) is 20.4. The first-order chi connectivity index (χ1) is 16.0. The lowest BCUT2D eigenvalue weighted by Gasteiger charge is -2.20. The molecule has 11 heteroatoms. The van der Waals surface area contributed by atoms with Gasteiger partial charge in [-0.3, -0.25) is 14.7 Å². The van der Waals surface area contributed by atoms with E-state index in [1.165, 1.54) is 6.07 Å². The molecule has 0 aliphatic rings. The molecule has 0 saturated heterocycles. The summed E-state index contributed by atoms with van der Waals surface area (Å²) in [5, 5.41) is 6.50. The molecule has 0 saturated carbocycles. The molecular weight excluding hydrogens is 514 g/mol.